The lowest BCUT2D eigenvalue weighted by Crippen LogP contribution is -2.30. The standard InChI is InChI=1S/C15H17F3N2/c1-14(2)7-3-4-13(14)20-11-6-5-10(9-19)12(8-11)15(16,17)18/h5-6,8,13,20H,3-4,7H2,1-2H3. The summed E-state index contributed by atoms with van der Waals surface area (Å²) < 4.78 is 38.7. The van der Waals surface area contributed by atoms with E-state index >= 15 is 0 Å². The zero-order valence-electron chi connectivity index (χ0n) is 11.5. The minimum atomic E-state index is -4.51. The Morgan fingerprint density at radius 3 is 2.55 bits per heavy atom. The van der Waals surface area contributed by atoms with Gasteiger partial charge in [-0.2, -0.15) is 18.4 Å². The molecule has 1 aromatic carbocycles. The number of rotatable bonds is 2. The lowest BCUT2D eigenvalue weighted by Gasteiger charge is -2.29. The summed E-state index contributed by atoms with van der Waals surface area (Å²) in [5, 5.41) is 12.0. The van der Waals surface area contributed by atoms with Crippen LogP contribution in [0.3, 0.4) is 0 Å². The van der Waals surface area contributed by atoms with E-state index in [-0.39, 0.29) is 17.0 Å². The molecule has 2 nitrogen and oxygen atoms in total. The maximum absolute atomic E-state index is 12.9. The molecule has 1 saturated carbocycles. The molecule has 0 heterocycles. The number of nitrogens with zero attached hydrogens (tertiary/aromatic N) is 1. The van der Waals surface area contributed by atoms with E-state index in [1.165, 1.54) is 6.07 Å². The van der Waals surface area contributed by atoms with E-state index in [1.54, 1.807) is 12.1 Å². The number of benzene rings is 1. The van der Waals surface area contributed by atoms with Crippen LogP contribution in [0.15, 0.2) is 18.2 Å². The maximum Gasteiger partial charge on any atom is 0.417 e. The molecule has 0 aliphatic heterocycles. The number of hydrogen-bond donors (Lipinski definition) is 1. The summed E-state index contributed by atoms with van der Waals surface area (Å²) in [5.41, 5.74) is -0.711. The van der Waals surface area contributed by atoms with E-state index in [4.69, 9.17) is 5.26 Å². The Balaban J connectivity index is 2.29. The Bertz CT molecular complexity index is 541. The Labute approximate surface area is 116 Å². The van der Waals surface area contributed by atoms with Crippen LogP contribution in [-0.4, -0.2) is 6.04 Å². The predicted molar refractivity (Wildman–Crippen MR) is 71.2 cm³/mol. The molecule has 1 aliphatic carbocycles. The quantitative estimate of drug-likeness (QED) is 0.862. The van der Waals surface area contributed by atoms with Crippen molar-refractivity contribution in [2.45, 2.75) is 45.3 Å². The fourth-order valence-corrected chi connectivity index (χ4v) is 2.76. The first-order chi connectivity index (χ1) is 9.24. The molecule has 20 heavy (non-hydrogen) atoms. The first-order valence-electron chi connectivity index (χ1n) is 6.62. The SMILES string of the molecule is CC1(C)CCCC1Nc1ccc(C#N)c(C(F)(F)F)c1. The summed E-state index contributed by atoms with van der Waals surface area (Å²) in [4.78, 5) is 0. The minimum Gasteiger partial charge on any atom is -0.382 e. The van der Waals surface area contributed by atoms with Crippen molar-refractivity contribution in [2.24, 2.45) is 5.41 Å². The second kappa shape index (κ2) is 5.01. The molecule has 0 bridgehead atoms. The van der Waals surface area contributed by atoms with Crippen molar-refractivity contribution in [1.82, 2.24) is 0 Å². The number of halogens is 3. The third-order valence-electron chi connectivity index (χ3n) is 4.04. The van der Waals surface area contributed by atoms with E-state index in [9.17, 15) is 13.2 Å². The second-order valence-electron chi connectivity index (χ2n) is 5.95. The van der Waals surface area contributed by atoms with Crippen molar-refractivity contribution in [2.75, 3.05) is 5.32 Å². The van der Waals surface area contributed by atoms with Crippen molar-refractivity contribution in [3.8, 4) is 6.07 Å². The normalized spacial score (nSPS) is 21.5. The molecule has 1 N–H and O–H groups in total. The molecule has 1 aromatic rings. The fraction of sp³-hybridized carbons (Fsp3) is 0.533. The minimum absolute atomic E-state index is 0.0757. The van der Waals surface area contributed by atoms with Crippen LogP contribution in [0, 0.1) is 16.7 Å². The summed E-state index contributed by atoms with van der Waals surface area (Å²) in [5.74, 6) is 0. The van der Waals surface area contributed by atoms with Gasteiger partial charge in [-0.15, -0.1) is 0 Å². The molecule has 108 valence electrons. The Morgan fingerprint density at radius 2 is 2.05 bits per heavy atom. The highest BCUT2D eigenvalue weighted by molar-refractivity contribution is 5.53. The molecule has 0 radical (unpaired) electrons. The van der Waals surface area contributed by atoms with E-state index in [0.29, 0.717) is 5.69 Å². The smallest absolute Gasteiger partial charge is 0.382 e. The molecule has 1 atom stereocenters. The lowest BCUT2D eigenvalue weighted by atomic mass is 9.87. The largest absolute Gasteiger partial charge is 0.417 e. The monoisotopic (exact) mass is 282 g/mol. The van der Waals surface area contributed by atoms with E-state index < -0.39 is 11.7 Å². The van der Waals surface area contributed by atoms with Crippen molar-refractivity contribution in [3.63, 3.8) is 0 Å². The van der Waals surface area contributed by atoms with E-state index in [1.807, 2.05) is 0 Å². The van der Waals surface area contributed by atoms with Gasteiger partial charge >= 0.3 is 6.18 Å². The van der Waals surface area contributed by atoms with Crippen LogP contribution >= 0.6 is 0 Å². The third kappa shape index (κ3) is 2.90. The van der Waals surface area contributed by atoms with Gasteiger partial charge in [-0.3, -0.25) is 0 Å². The van der Waals surface area contributed by atoms with Crippen molar-refractivity contribution < 1.29 is 13.2 Å². The van der Waals surface area contributed by atoms with Crippen LogP contribution in [-0.2, 0) is 6.18 Å². The third-order valence-corrected chi connectivity index (χ3v) is 4.04. The topological polar surface area (TPSA) is 35.8 Å². The molecule has 0 amide bonds. The molecule has 1 fully saturated rings. The Morgan fingerprint density at radius 1 is 1.35 bits per heavy atom. The van der Waals surface area contributed by atoms with Crippen molar-refractivity contribution in [3.05, 3.63) is 29.3 Å². The van der Waals surface area contributed by atoms with Gasteiger partial charge in [0.25, 0.3) is 0 Å². The molecule has 1 aliphatic rings. The maximum atomic E-state index is 12.9. The lowest BCUT2D eigenvalue weighted by molar-refractivity contribution is -0.137. The van der Waals surface area contributed by atoms with Gasteiger partial charge in [0.05, 0.1) is 17.2 Å². The average Bonchev–Trinajstić information content (AvgIpc) is 2.67. The van der Waals surface area contributed by atoms with Gasteiger partial charge in [-0.25, -0.2) is 0 Å². The Kier molecular flexibility index (Phi) is 3.68. The van der Waals surface area contributed by atoms with Gasteiger partial charge in [0.1, 0.15) is 0 Å². The fourth-order valence-electron chi connectivity index (χ4n) is 2.76. The number of alkyl halides is 3. The van der Waals surface area contributed by atoms with Crippen LogP contribution in [0.1, 0.15) is 44.2 Å². The molecule has 0 spiro atoms. The van der Waals surface area contributed by atoms with Gasteiger partial charge in [-0.1, -0.05) is 20.3 Å². The molecular formula is C15H17F3N2. The zero-order chi connectivity index (χ0) is 15.0. The molecule has 0 saturated heterocycles. The van der Waals surface area contributed by atoms with Crippen LogP contribution in [0.2, 0.25) is 0 Å². The molecule has 5 heteroatoms. The van der Waals surface area contributed by atoms with Crippen LogP contribution < -0.4 is 5.32 Å². The highest BCUT2D eigenvalue weighted by Crippen LogP contribution is 2.40. The molecular weight excluding hydrogens is 265 g/mol. The zero-order valence-corrected chi connectivity index (χ0v) is 11.5. The number of nitriles is 1. The molecule has 0 aromatic heterocycles. The van der Waals surface area contributed by atoms with Crippen LogP contribution in [0.4, 0.5) is 18.9 Å². The van der Waals surface area contributed by atoms with Crippen LogP contribution in [0.5, 0.6) is 0 Å². The van der Waals surface area contributed by atoms with E-state index in [0.717, 1.165) is 25.3 Å². The summed E-state index contributed by atoms with van der Waals surface area (Å²) >= 11 is 0. The van der Waals surface area contributed by atoms with Crippen molar-refractivity contribution in [1.29, 1.82) is 5.26 Å². The number of anilines is 1. The highest BCUT2D eigenvalue weighted by Gasteiger charge is 2.36. The van der Waals surface area contributed by atoms with Gasteiger partial charge in [-0.05, 0) is 36.5 Å². The van der Waals surface area contributed by atoms with Gasteiger partial charge in [0.15, 0.2) is 0 Å². The summed E-state index contributed by atoms with van der Waals surface area (Å²) in [6.07, 6.45) is -1.41. The van der Waals surface area contributed by atoms with Gasteiger partial charge in [0, 0.05) is 11.7 Å². The highest BCUT2D eigenvalue weighted by atomic mass is 19.4. The number of hydrogen-bond acceptors (Lipinski definition) is 2. The first-order valence-corrected chi connectivity index (χ1v) is 6.62. The molecule has 2 rings (SSSR count). The summed E-state index contributed by atoms with van der Waals surface area (Å²) in [7, 11) is 0. The Hall–Kier alpha value is -1.70. The van der Waals surface area contributed by atoms with E-state index in [2.05, 4.69) is 19.2 Å². The molecule has 1 unspecified atom stereocenters. The summed E-state index contributed by atoms with van der Waals surface area (Å²) in [6.45, 7) is 4.23. The summed E-state index contributed by atoms with van der Waals surface area (Å²) in [6, 6.07) is 5.56. The number of nitrogens with one attached hydrogen (secondary N) is 1. The first kappa shape index (κ1) is 14.7. The average molecular weight is 282 g/mol. The van der Waals surface area contributed by atoms with Gasteiger partial charge < -0.3 is 5.32 Å². The van der Waals surface area contributed by atoms with Crippen molar-refractivity contribution >= 4 is 5.69 Å². The van der Waals surface area contributed by atoms with Gasteiger partial charge in [0.2, 0.25) is 0 Å². The van der Waals surface area contributed by atoms with Crippen LogP contribution in [0.25, 0.3) is 0 Å². The second-order valence-corrected chi connectivity index (χ2v) is 5.95. The predicted octanol–water partition coefficient (Wildman–Crippen LogP) is 4.57.